The van der Waals surface area contributed by atoms with Gasteiger partial charge in [-0.25, -0.2) is 0 Å². The first kappa shape index (κ1) is 14.0. The number of hydrogen-bond acceptors (Lipinski definition) is 3. The number of nitrogens with one attached hydrogen (secondary N) is 1. The Balaban J connectivity index is 2.09. The minimum Gasteiger partial charge on any atom is -0.481 e. The van der Waals surface area contributed by atoms with Crippen LogP contribution in [0, 0.1) is 5.92 Å². The molecule has 1 saturated heterocycles. The van der Waals surface area contributed by atoms with Crippen LogP contribution in [-0.2, 0) is 14.3 Å². The number of carboxylic acids is 1. The van der Waals surface area contributed by atoms with E-state index in [2.05, 4.69) is 5.32 Å². The number of ether oxygens (including phenoxy) is 1. The molecule has 1 heterocycles. The van der Waals surface area contributed by atoms with Gasteiger partial charge < -0.3 is 15.2 Å². The van der Waals surface area contributed by atoms with Crippen molar-refractivity contribution in [2.45, 2.75) is 45.1 Å². The van der Waals surface area contributed by atoms with Crippen LogP contribution in [-0.4, -0.2) is 36.2 Å². The summed E-state index contributed by atoms with van der Waals surface area (Å²) in [6.07, 6.45) is 3.82. The molecular weight excluding hydrogens is 222 g/mol. The molecule has 2 unspecified atom stereocenters. The molecule has 1 aliphatic rings. The highest BCUT2D eigenvalue weighted by molar-refractivity contribution is 5.80. The van der Waals surface area contributed by atoms with Crippen molar-refractivity contribution in [1.29, 1.82) is 0 Å². The predicted octanol–water partition coefficient (Wildman–Crippen LogP) is 1.17. The molecular formula is C12H21NO4. The average molecular weight is 243 g/mol. The van der Waals surface area contributed by atoms with Crippen LogP contribution in [0.4, 0.5) is 0 Å². The van der Waals surface area contributed by atoms with Crippen molar-refractivity contribution in [1.82, 2.24) is 5.32 Å². The zero-order chi connectivity index (χ0) is 12.7. The zero-order valence-electron chi connectivity index (χ0n) is 10.3. The fraction of sp³-hybridized carbons (Fsp3) is 0.833. The van der Waals surface area contributed by atoms with Gasteiger partial charge in [-0.1, -0.05) is 6.92 Å². The lowest BCUT2D eigenvalue weighted by Gasteiger charge is -2.21. The summed E-state index contributed by atoms with van der Waals surface area (Å²) in [5, 5.41) is 11.5. The fourth-order valence-electron chi connectivity index (χ4n) is 1.80. The van der Waals surface area contributed by atoms with Gasteiger partial charge in [0.1, 0.15) is 6.10 Å². The molecule has 1 fully saturated rings. The Hall–Kier alpha value is -1.10. The molecule has 5 heteroatoms. The van der Waals surface area contributed by atoms with Gasteiger partial charge in [0.2, 0.25) is 5.91 Å². The van der Waals surface area contributed by atoms with Crippen molar-refractivity contribution in [3.05, 3.63) is 0 Å². The molecule has 1 amide bonds. The van der Waals surface area contributed by atoms with Crippen LogP contribution in [0.25, 0.3) is 0 Å². The smallest absolute Gasteiger partial charge is 0.306 e. The summed E-state index contributed by atoms with van der Waals surface area (Å²) >= 11 is 0. The van der Waals surface area contributed by atoms with E-state index in [1.54, 1.807) is 6.92 Å². The third-order valence-electron chi connectivity index (χ3n) is 3.01. The van der Waals surface area contributed by atoms with Gasteiger partial charge >= 0.3 is 5.97 Å². The molecule has 1 aliphatic heterocycles. The minimum atomic E-state index is -0.785. The summed E-state index contributed by atoms with van der Waals surface area (Å²) in [5.41, 5.74) is 0. The Morgan fingerprint density at radius 2 is 2.24 bits per heavy atom. The quantitative estimate of drug-likeness (QED) is 0.687. The number of aliphatic carboxylic acids is 1. The summed E-state index contributed by atoms with van der Waals surface area (Å²) < 4.78 is 5.35. The SMILES string of the molecule is CC(CCCNC(=O)C1CCCCO1)C(=O)O. The van der Waals surface area contributed by atoms with Crippen molar-refractivity contribution in [2.75, 3.05) is 13.2 Å². The molecule has 2 N–H and O–H groups in total. The van der Waals surface area contributed by atoms with Crippen molar-refractivity contribution in [3.63, 3.8) is 0 Å². The fourth-order valence-corrected chi connectivity index (χ4v) is 1.80. The Bertz CT molecular complexity index is 261. The van der Waals surface area contributed by atoms with Crippen LogP contribution in [0.3, 0.4) is 0 Å². The molecule has 0 aliphatic carbocycles. The second kappa shape index (κ2) is 7.27. The average Bonchev–Trinajstić information content (AvgIpc) is 2.35. The topological polar surface area (TPSA) is 75.6 Å². The standard InChI is InChI=1S/C12H21NO4/c1-9(12(15)16)5-4-7-13-11(14)10-6-2-3-8-17-10/h9-10H,2-8H2,1H3,(H,13,14)(H,15,16). The number of carbonyl (C=O) groups excluding carboxylic acids is 1. The van der Waals surface area contributed by atoms with E-state index in [0.29, 0.717) is 26.0 Å². The Morgan fingerprint density at radius 3 is 2.82 bits per heavy atom. The largest absolute Gasteiger partial charge is 0.481 e. The van der Waals surface area contributed by atoms with Gasteiger partial charge in [0, 0.05) is 13.2 Å². The van der Waals surface area contributed by atoms with E-state index >= 15 is 0 Å². The Morgan fingerprint density at radius 1 is 1.47 bits per heavy atom. The summed E-state index contributed by atoms with van der Waals surface area (Å²) in [5.74, 6) is -1.20. The zero-order valence-corrected chi connectivity index (χ0v) is 10.3. The monoisotopic (exact) mass is 243 g/mol. The Kier molecular flexibility index (Phi) is 5.97. The number of amides is 1. The first-order chi connectivity index (χ1) is 8.11. The van der Waals surface area contributed by atoms with Crippen LogP contribution in [0.15, 0.2) is 0 Å². The van der Waals surface area contributed by atoms with E-state index in [0.717, 1.165) is 19.3 Å². The van der Waals surface area contributed by atoms with E-state index < -0.39 is 5.97 Å². The minimum absolute atomic E-state index is 0.0623. The summed E-state index contributed by atoms with van der Waals surface area (Å²) in [4.78, 5) is 22.2. The van der Waals surface area contributed by atoms with Crippen molar-refractivity contribution < 1.29 is 19.4 Å². The number of rotatable bonds is 6. The lowest BCUT2D eigenvalue weighted by Crippen LogP contribution is -2.38. The van der Waals surface area contributed by atoms with Crippen LogP contribution in [0.5, 0.6) is 0 Å². The van der Waals surface area contributed by atoms with E-state index in [1.807, 2.05) is 0 Å². The van der Waals surface area contributed by atoms with Crippen molar-refractivity contribution in [2.24, 2.45) is 5.92 Å². The van der Waals surface area contributed by atoms with Gasteiger partial charge in [0.05, 0.1) is 5.92 Å². The molecule has 0 bridgehead atoms. The number of hydrogen-bond donors (Lipinski definition) is 2. The molecule has 0 aromatic heterocycles. The van der Waals surface area contributed by atoms with Gasteiger partial charge in [-0.2, -0.15) is 0 Å². The predicted molar refractivity (Wildman–Crippen MR) is 62.6 cm³/mol. The maximum absolute atomic E-state index is 11.6. The summed E-state index contributed by atoms with van der Waals surface area (Å²) in [7, 11) is 0. The molecule has 0 aromatic rings. The first-order valence-electron chi connectivity index (χ1n) is 6.23. The van der Waals surface area contributed by atoms with Gasteiger partial charge in [-0.15, -0.1) is 0 Å². The molecule has 0 saturated carbocycles. The van der Waals surface area contributed by atoms with Crippen molar-refractivity contribution >= 4 is 11.9 Å². The van der Waals surface area contributed by atoms with Gasteiger partial charge in [0.15, 0.2) is 0 Å². The van der Waals surface area contributed by atoms with Gasteiger partial charge in [-0.3, -0.25) is 9.59 Å². The van der Waals surface area contributed by atoms with Crippen LogP contribution in [0.1, 0.15) is 39.0 Å². The van der Waals surface area contributed by atoms with Crippen molar-refractivity contribution in [3.8, 4) is 0 Å². The van der Waals surface area contributed by atoms with E-state index in [4.69, 9.17) is 9.84 Å². The third kappa shape index (κ3) is 5.17. The second-order valence-corrected chi connectivity index (χ2v) is 4.53. The molecule has 2 atom stereocenters. The number of carboxylic acid groups (broad SMARTS) is 1. The molecule has 1 rings (SSSR count). The van der Waals surface area contributed by atoms with E-state index in [-0.39, 0.29) is 17.9 Å². The molecule has 5 nitrogen and oxygen atoms in total. The van der Waals surface area contributed by atoms with Crippen LogP contribution in [0.2, 0.25) is 0 Å². The maximum atomic E-state index is 11.6. The third-order valence-corrected chi connectivity index (χ3v) is 3.01. The first-order valence-corrected chi connectivity index (χ1v) is 6.23. The van der Waals surface area contributed by atoms with E-state index in [9.17, 15) is 9.59 Å². The Labute approximate surface area is 102 Å². The molecule has 0 aromatic carbocycles. The van der Waals surface area contributed by atoms with Gasteiger partial charge in [-0.05, 0) is 32.1 Å². The lowest BCUT2D eigenvalue weighted by molar-refractivity contribution is -0.141. The lowest BCUT2D eigenvalue weighted by atomic mass is 10.1. The molecule has 17 heavy (non-hydrogen) atoms. The highest BCUT2D eigenvalue weighted by atomic mass is 16.5. The molecule has 0 spiro atoms. The normalized spacial score (nSPS) is 21.8. The molecule has 98 valence electrons. The number of carbonyl (C=O) groups is 2. The van der Waals surface area contributed by atoms with E-state index in [1.165, 1.54) is 0 Å². The van der Waals surface area contributed by atoms with Crippen LogP contribution >= 0.6 is 0 Å². The maximum Gasteiger partial charge on any atom is 0.306 e. The van der Waals surface area contributed by atoms with Crippen LogP contribution < -0.4 is 5.32 Å². The molecule has 0 radical (unpaired) electrons. The summed E-state index contributed by atoms with van der Waals surface area (Å²) in [6, 6.07) is 0. The second-order valence-electron chi connectivity index (χ2n) is 4.53. The van der Waals surface area contributed by atoms with Gasteiger partial charge in [0.25, 0.3) is 0 Å². The highest BCUT2D eigenvalue weighted by Gasteiger charge is 2.21. The highest BCUT2D eigenvalue weighted by Crippen LogP contribution is 2.12. The summed E-state index contributed by atoms with van der Waals surface area (Å²) in [6.45, 7) is 2.86.